The van der Waals surface area contributed by atoms with E-state index in [0.717, 1.165) is 5.56 Å². The van der Waals surface area contributed by atoms with E-state index in [1.165, 1.54) is 0 Å². The Hall–Kier alpha value is -2.01. The highest BCUT2D eigenvalue weighted by Crippen LogP contribution is 2.40. The summed E-state index contributed by atoms with van der Waals surface area (Å²) in [7, 11) is 0. The molecular weight excluding hydrogens is 328 g/mol. The summed E-state index contributed by atoms with van der Waals surface area (Å²) < 4.78 is -0.131. The summed E-state index contributed by atoms with van der Waals surface area (Å²) in [6.07, 6.45) is 1.95. The van der Waals surface area contributed by atoms with Gasteiger partial charge in [-0.15, -0.1) is 0 Å². The summed E-state index contributed by atoms with van der Waals surface area (Å²) >= 11 is 0. The second-order valence-electron chi connectivity index (χ2n) is 8.01. The smallest absolute Gasteiger partial charge is 0.364 e. The third kappa shape index (κ3) is 3.45. The third-order valence-corrected chi connectivity index (χ3v) is 5.99. The Labute approximate surface area is 156 Å². The number of primary amides is 1. The Balaban J connectivity index is 2.50. The molecule has 3 atom stereocenters. The van der Waals surface area contributed by atoms with Crippen molar-refractivity contribution in [3.63, 3.8) is 0 Å². The van der Waals surface area contributed by atoms with Gasteiger partial charge < -0.3 is 5.73 Å². The summed E-state index contributed by atoms with van der Waals surface area (Å²) in [6.45, 7) is 8.39. The van der Waals surface area contributed by atoms with Gasteiger partial charge in [0, 0.05) is 11.8 Å². The number of nitrogens with zero attached hydrogens (tertiary/aromatic N) is 1. The molecule has 0 aliphatic carbocycles. The van der Waals surface area contributed by atoms with Crippen LogP contribution in [0.3, 0.4) is 0 Å². The van der Waals surface area contributed by atoms with Crippen LogP contribution in [0.25, 0.3) is 0 Å². The van der Waals surface area contributed by atoms with Crippen LogP contribution in [-0.2, 0) is 14.4 Å². The highest BCUT2D eigenvalue weighted by Gasteiger charge is 2.59. The molecule has 1 aromatic rings. The first-order valence-electron chi connectivity index (χ1n) is 9.51. The van der Waals surface area contributed by atoms with Crippen LogP contribution >= 0.6 is 0 Å². The Bertz CT molecular complexity index is 684. The quantitative estimate of drug-likeness (QED) is 0.601. The van der Waals surface area contributed by atoms with Crippen LogP contribution in [0, 0.1) is 5.41 Å². The van der Waals surface area contributed by atoms with Crippen molar-refractivity contribution in [2.75, 3.05) is 13.1 Å². The summed E-state index contributed by atoms with van der Waals surface area (Å²) in [5.74, 6) is -1.49. The monoisotopic (exact) mass is 359 g/mol. The highest BCUT2D eigenvalue weighted by molar-refractivity contribution is 6.35. The van der Waals surface area contributed by atoms with Gasteiger partial charge in [-0.3, -0.25) is 9.59 Å². The molecule has 3 unspecified atom stereocenters. The molecule has 2 rings (SSSR count). The fourth-order valence-electron chi connectivity index (χ4n) is 4.13. The van der Waals surface area contributed by atoms with Gasteiger partial charge in [-0.25, -0.2) is 9.28 Å². The summed E-state index contributed by atoms with van der Waals surface area (Å²) in [5, 5.41) is 0. The lowest BCUT2D eigenvalue weighted by molar-refractivity contribution is -0.855. The molecule has 26 heavy (non-hydrogen) atoms. The van der Waals surface area contributed by atoms with Crippen molar-refractivity contribution in [2.24, 2.45) is 11.1 Å². The number of hydrogen-bond donors (Lipinski definition) is 1. The molecule has 142 valence electrons. The lowest BCUT2D eigenvalue weighted by Crippen LogP contribution is -2.64. The van der Waals surface area contributed by atoms with Crippen molar-refractivity contribution < 1.29 is 18.9 Å². The lowest BCUT2D eigenvalue weighted by atomic mass is 9.83. The second-order valence-corrected chi connectivity index (χ2v) is 8.01. The first-order valence-corrected chi connectivity index (χ1v) is 9.51. The van der Waals surface area contributed by atoms with Crippen LogP contribution in [-0.4, -0.2) is 41.2 Å². The van der Waals surface area contributed by atoms with Crippen LogP contribution in [0.2, 0.25) is 0 Å². The zero-order valence-electron chi connectivity index (χ0n) is 16.3. The van der Waals surface area contributed by atoms with Gasteiger partial charge in [0.1, 0.15) is 0 Å². The zero-order chi connectivity index (χ0) is 19.5. The van der Waals surface area contributed by atoms with Crippen LogP contribution < -0.4 is 5.73 Å². The lowest BCUT2D eigenvalue weighted by Gasteiger charge is -2.38. The van der Waals surface area contributed by atoms with Gasteiger partial charge in [0.2, 0.25) is 0 Å². The van der Waals surface area contributed by atoms with Crippen molar-refractivity contribution >= 4 is 17.6 Å². The average molecular weight is 359 g/mol. The minimum absolute atomic E-state index is 0.131. The van der Waals surface area contributed by atoms with Crippen molar-refractivity contribution in [3.05, 3.63) is 35.9 Å². The number of carbonyl (C=O) groups is 3. The number of benzene rings is 1. The molecule has 0 spiro atoms. The van der Waals surface area contributed by atoms with E-state index in [0.29, 0.717) is 32.4 Å². The van der Waals surface area contributed by atoms with Gasteiger partial charge in [-0.1, -0.05) is 58.0 Å². The first-order chi connectivity index (χ1) is 12.2. The van der Waals surface area contributed by atoms with Gasteiger partial charge in [0.05, 0.1) is 19.0 Å². The predicted molar refractivity (Wildman–Crippen MR) is 101 cm³/mol. The van der Waals surface area contributed by atoms with Crippen LogP contribution in [0.1, 0.15) is 58.4 Å². The molecule has 5 heteroatoms. The topological polar surface area (TPSA) is 77.2 Å². The van der Waals surface area contributed by atoms with E-state index in [2.05, 4.69) is 0 Å². The van der Waals surface area contributed by atoms with E-state index in [-0.39, 0.29) is 10.4 Å². The number of amides is 2. The van der Waals surface area contributed by atoms with E-state index < -0.39 is 29.1 Å². The number of nitrogens with two attached hydrogens (primary N) is 1. The molecule has 5 nitrogen and oxygen atoms in total. The van der Waals surface area contributed by atoms with Gasteiger partial charge >= 0.3 is 5.91 Å². The Morgan fingerprint density at radius 2 is 1.77 bits per heavy atom. The van der Waals surface area contributed by atoms with E-state index >= 15 is 0 Å². The molecule has 0 radical (unpaired) electrons. The first kappa shape index (κ1) is 20.3. The Kier molecular flexibility index (Phi) is 6.02. The Morgan fingerprint density at radius 1 is 1.15 bits per heavy atom. The van der Waals surface area contributed by atoms with E-state index in [9.17, 15) is 14.4 Å². The predicted octanol–water partition coefficient (Wildman–Crippen LogP) is 2.79. The minimum atomic E-state index is -0.733. The number of ketones is 1. The van der Waals surface area contributed by atoms with Crippen LogP contribution in [0.15, 0.2) is 30.3 Å². The van der Waals surface area contributed by atoms with Crippen molar-refractivity contribution in [2.45, 2.75) is 58.9 Å². The fourth-order valence-corrected chi connectivity index (χ4v) is 4.13. The molecule has 1 aliphatic heterocycles. The molecule has 1 aromatic carbocycles. The molecule has 0 bridgehead atoms. The third-order valence-electron chi connectivity index (χ3n) is 5.99. The maximum Gasteiger partial charge on any atom is 0.383 e. The van der Waals surface area contributed by atoms with E-state index in [4.69, 9.17) is 5.73 Å². The second kappa shape index (κ2) is 7.70. The van der Waals surface area contributed by atoms with E-state index in [1.807, 2.05) is 44.2 Å². The number of quaternary nitrogens is 1. The maximum absolute atomic E-state index is 13.4. The van der Waals surface area contributed by atoms with Crippen molar-refractivity contribution in [1.82, 2.24) is 0 Å². The van der Waals surface area contributed by atoms with Gasteiger partial charge in [-0.2, -0.15) is 0 Å². The molecule has 0 aromatic heterocycles. The molecule has 1 fully saturated rings. The minimum Gasteiger partial charge on any atom is -0.364 e. The molecule has 0 saturated carbocycles. The van der Waals surface area contributed by atoms with Gasteiger partial charge in [0.25, 0.3) is 11.7 Å². The number of Topliss-reactive ketones (excluding diaryl/α,β-unsaturated/α-hetero) is 1. The summed E-state index contributed by atoms with van der Waals surface area (Å²) in [6, 6.07) is 9.01. The summed E-state index contributed by atoms with van der Waals surface area (Å²) in [5.41, 5.74) is 6.06. The molecule has 2 amide bonds. The van der Waals surface area contributed by atoms with Crippen molar-refractivity contribution in [1.29, 1.82) is 0 Å². The average Bonchev–Trinajstić information content (AvgIpc) is 3.02. The Morgan fingerprint density at radius 3 is 2.27 bits per heavy atom. The van der Waals surface area contributed by atoms with E-state index in [1.54, 1.807) is 13.8 Å². The summed E-state index contributed by atoms with van der Waals surface area (Å²) in [4.78, 5) is 38.8. The largest absolute Gasteiger partial charge is 0.383 e. The highest BCUT2D eigenvalue weighted by atomic mass is 16.2. The normalized spacial score (nSPS) is 25.8. The zero-order valence-corrected chi connectivity index (χ0v) is 16.3. The number of hydrogen-bond acceptors (Lipinski definition) is 3. The van der Waals surface area contributed by atoms with Gasteiger partial charge in [-0.05, 0) is 18.4 Å². The molecule has 1 heterocycles. The molecule has 1 saturated heterocycles. The number of carbonyl (C=O) groups excluding carboxylic acids is 3. The molecule has 1 aliphatic rings. The van der Waals surface area contributed by atoms with Crippen LogP contribution in [0.4, 0.5) is 0 Å². The number of rotatable bonds is 7. The molecular formula is C21H31N2O3+. The van der Waals surface area contributed by atoms with Crippen molar-refractivity contribution in [3.8, 4) is 0 Å². The molecule has 2 N–H and O–H groups in total. The van der Waals surface area contributed by atoms with Gasteiger partial charge in [0.15, 0.2) is 6.04 Å². The van der Waals surface area contributed by atoms with Crippen LogP contribution in [0.5, 0.6) is 0 Å². The maximum atomic E-state index is 13.4. The number of likely N-dealkylation sites (tertiary alicyclic amines) is 1. The standard InChI is InChI=1S/C21H30N2O3/c1-5-13-23(20(26)18(24)21(3,4)6-2)14-12-16(17(23)19(22)25)15-10-8-7-9-11-15/h7-11,16-17H,5-6,12-14H2,1-4H3,(H-,22,25)/p+1. The SMILES string of the molecule is CCC[N+]1(C(=O)C(=O)C(C)(C)CC)CCC(c2ccccc2)C1C(N)=O. The fraction of sp³-hybridized carbons (Fsp3) is 0.571.